The van der Waals surface area contributed by atoms with Crippen LogP contribution in [-0.4, -0.2) is 30.0 Å². The second-order valence-electron chi connectivity index (χ2n) is 9.55. The van der Waals surface area contributed by atoms with Gasteiger partial charge in [0.05, 0.1) is 11.7 Å². The molecule has 194 valence electrons. The van der Waals surface area contributed by atoms with Gasteiger partial charge in [-0.2, -0.15) is 0 Å². The third kappa shape index (κ3) is 4.91. The Morgan fingerprint density at radius 2 is 1.68 bits per heavy atom. The van der Waals surface area contributed by atoms with Gasteiger partial charge in [0.25, 0.3) is 5.91 Å². The van der Waals surface area contributed by atoms with Crippen LogP contribution >= 0.6 is 0 Å². The van der Waals surface area contributed by atoms with E-state index in [0.29, 0.717) is 18.2 Å². The molecule has 3 aromatic carbocycles. The highest BCUT2D eigenvalue weighted by Gasteiger charge is 2.45. The molecule has 38 heavy (non-hydrogen) atoms. The standard InChI is InChI=1S/C29H25F2N3O4/c1-16(35)32-21-10-7-17(8-11-21)19-6-5-18-3-2-4-25(22(18)13-19)33-28(37)23-15-34(29(38)27(23)36)26-12-9-20(30)14-24(26)31/h5-14,23,25H,2-4,15H2,1H3,(H,32,35)(H,33,37). The quantitative estimate of drug-likeness (QED) is 0.389. The number of Topliss-reactive ketones (excluding diaryl/α,β-unsaturated/α-hetero) is 1. The van der Waals surface area contributed by atoms with Crippen LogP contribution in [-0.2, 0) is 25.6 Å². The first-order chi connectivity index (χ1) is 18.2. The summed E-state index contributed by atoms with van der Waals surface area (Å²) >= 11 is 0. The zero-order valence-corrected chi connectivity index (χ0v) is 20.6. The van der Waals surface area contributed by atoms with E-state index in [9.17, 15) is 28.0 Å². The molecule has 1 aliphatic carbocycles. The van der Waals surface area contributed by atoms with Gasteiger partial charge in [0.15, 0.2) is 0 Å². The third-order valence-electron chi connectivity index (χ3n) is 6.97. The van der Waals surface area contributed by atoms with E-state index in [4.69, 9.17) is 0 Å². The molecule has 5 rings (SSSR count). The number of ketones is 1. The van der Waals surface area contributed by atoms with E-state index in [-0.39, 0.29) is 24.2 Å². The van der Waals surface area contributed by atoms with E-state index in [2.05, 4.69) is 10.6 Å². The average Bonchev–Trinajstić information content (AvgIpc) is 3.18. The molecule has 1 aliphatic heterocycles. The molecule has 2 unspecified atom stereocenters. The van der Waals surface area contributed by atoms with Crippen LogP contribution in [0, 0.1) is 17.6 Å². The molecule has 3 aromatic rings. The molecule has 7 nitrogen and oxygen atoms in total. The highest BCUT2D eigenvalue weighted by atomic mass is 19.1. The van der Waals surface area contributed by atoms with E-state index in [0.717, 1.165) is 52.1 Å². The van der Waals surface area contributed by atoms with Crippen LogP contribution in [0.5, 0.6) is 0 Å². The molecular weight excluding hydrogens is 492 g/mol. The van der Waals surface area contributed by atoms with E-state index in [1.54, 1.807) is 0 Å². The van der Waals surface area contributed by atoms with Crippen LogP contribution in [0.25, 0.3) is 11.1 Å². The summed E-state index contributed by atoms with van der Waals surface area (Å²) in [7, 11) is 0. The maximum Gasteiger partial charge on any atom is 0.295 e. The Labute approximate surface area is 217 Å². The highest BCUT2D eigenvalue weighted by Crippen LogP contribution is 2.34. The van der Waals surface area contributed by atoms with Gasteiger partial charge in [0.2, 0.25) is 17.6 Å². The molecule has 0 saturated carbocycles. The first-order valence-electron chi connectivity index (χ1n) is 12.3. The van der Waals surface area contributed by atoms with Gasteiger partial charge in [0, 0.05) is 25.2 Å². The molecule has 9 heteroatoms. The summed E-state index contributed by atoms with van der Waals surface area (Å²) in [6.45, 7) is 1.13. The van der Waals surface area contributed by atoms with Gasteiger partial charge in [0.1, 0.15) is 17.6 Å². The van der Waals surface area contributed by atoms with E-state index < -0.39 is 35.1 Å². The molecular formula is C29H25F2N3O4. The van der Waals surface area contributed by atoms with Crippen LogP contribution in [0.3, 0.4) is 0 Å². The lowest BCUT2D eigenvalue weighted by atomic mass is 9.85. The van der Waals surface area contributed by atoms with E-state index >= 15 is 0 Å². The first kappa shape index (κ1) is 25.3. The normalized spacial score (nSPS) is 18.8. The number of carbonyl (C=O) groups excluding carboxylic acids is 4. The number of hydrogen-bond acceptors (Lipinski definition) is 4. The topological polar surface area (TPSA) is 95.6 Å². The zero-order chi connectivity index (χ0) is 27.0. The summed E-state index contributed by atoms with van der Waals surface area (Å²) in [4.78, 5) is 50.6. The van der Waals surface area contributed by atoms with Gasteiger partial charge < -0.3 is 15.5 Å². The number of rotatable bonds is 5. The number of nitrogens with zero attached hydrogens (tertiary/aromatic N) is 1. The number of nitrogens with one attached hydrogen (secondary N) is 2. The third-order valence-corrected chi connectivity index (χ3v) is 6.97. The van der Waals surface area contributed by atoms with Crippen LogP contribution < -0.4 is 15.5 Å². The second-order valence-corrected chi connectivity index (χ2v) is 9.55. The molecule has 2 aliphatic rings. The number of anilines is 2. The number of benzene rings is 3. The van der Waals surface area contributed by atoms with E-state index in [1.807, 2.05) is 42.5 Å². The zero-order valence-electron chi connectivity index (χ0n) is 20.6. The van der Waals surface area contributed by atoms with Gasteiger partial charge in [-0.25, -0.2) is 8.78 Å². The molecule has 2 atom stereocenters. The minimum absolute atomic E-state index is 0.154. The minimum Gasteiger partial charge on any atom is -0.349 e. The minimum atomic E-state index is -1.29. The molecule has 3 amide bonds. The summed E-state index contributed by atoms with van der Waals surface area (Å²) in [6, 6.07) is 15.8. The van der Waals surface area contributed by atoms with Gasteiger partial charge in [-0.15, -0.1) is 0 Å². The van der Waals surface area contributed by atoms with Crippen LogP contribution in [0.1, 0.15) is 36.9 Å². The molecule has 1 heterocycles. The van der Waals surface area contributed by atoms with Crippen molar-refractivity contribution in [2.45, 2.75) is 32.2 Å². The Balaban J connectivity index is 1.34. The van der Waals surface area contributed by atoms with Crippen LogP contribution in [0.15, 0.2) is 60.7 Å². The number of fused-ring (bicyclic) bond motifs is 1. The average molecular weight is 518 g/mol. The smallest absolute Gasteiger partial charge is 0.295 e. The predicted molar refractivity (Wildman–Crippen MR) is 137 cm³/mol. The monoisotopic (exact) mass is 517 g/mol. The van der Waals surface area contributed by atoms with Gasteiger partial charge >= 0.3 is 0 Å². The van der Waals surface area contributed by atoms with Crippen LogP contribution in [0.4, 0.5) is 20.2 Å². The van der Waals surface area contributed by atoms with Crippen molar-refractivity contribution in [2.75, 3.05) is 16.8 Å². The van der Waals surface area contributed by atoms with Crippen molar-refractivity contribution >= 4 is 34.9 Å². The summed E-state index contributed by atoms with van der Waals surface area (Å²) in [5, 5.41) is 5.67. The number of carbonyl (C=O) groups is 4. The first-order valence-corrected chi connectivity index (χ1v) is 12.3. The summed E-state index contributed by atoms with van der Waals surface area (Å²) < 4.78 is 27.6. The van der Waals surface area contributed by atoms with Crippen LogP contribution in [0.2, 0.25) is 0 Å². The summed E-state index contributed by atoms with van der Waals surface area (Å²) in [6.07, 6.45) is 2.35. The van der Waals surface area contributed by atoms with Gasteiger partial charge in [-0.3, -0.25) is 19.2 Å². The molecule has 0 aromatic heterocycles. The molecule has 1 fully saturated rings. The maximum absolute atomic E-state index is 14.3. The number of amides is 3. The lowest BCUT2D eigenvalue weighted by Gasteiger charge is -2.28. The van der Waals surface area contributed by atoms with Crippen molar-refractivity contribution in [1.82, 2.24) is 5.32 Å². The fraction of sp³-hybridized carbons (Fsp3) is 0.241. The second kappa shape index (κ2) is 10.2. The lowest BCUT2D eigenvalue weighted by molar-refractivity contribution is -0.139. The predicted octanol–water partition coefficient (Wildman–Crippen LogP) is 4.32. The number of hydrogen-bond donors (Lipinski definition) is 2. The van der Waals surface area contributed by atoms with Crippen molar-refractivity contribution in [2.24, 2.45) is 5.92 Å². The van der Waals surface area contributed by atoms with Gasteiger partial charge in [-0.05, 0) is 71.8 Å². The van der Waals surface area contributed by atoms with Crippen molar-refractivity contribution in [3.63, 3.8) is 0 Å². The fourth-order valence-electron chi connectivity index (χ4n) is 5.09. The largest absolute Gasteiger partial charge is 0.349 e. The van der Waals surface area contributed by atoms with E-state index in [1.165, 1.54) is 6.92 Å². The Morgan fingerprint density at radius 1 is 0.947 bits per heavy atom. The number of halogens is 2. The Bertz CT molecular complexity index is 1450. The van der Waals surface area contributed by atoms with Crippen molar-refractivity contribution in [3.8, 4) is 11.1 Å². The number of aryl methyl sites for hydroxylation is 1. The SMILES string of the molecule is CC(=O)Nc1ccc(-c2ccc3c(c2)C(NC(=O)C2CN(c4ccc(F)cc4F)C(=O)C2=O)CCC3)cc1. The summed E-state index contributed by atoms with van der Waals surface area (Å²) in [5.41, 5.74) is 4.35. The fourth-order valence-corrected chi connectivity index (χ4v) is 5.09. The van der Waals surface area contributed by atoms with Crippen molar-refractivity contribution in [1.29, 1.82) is 0 Å². The molecule has 0 bridgehead atoms. The molecule has 0 radical (unpaired) electrons. The molecule has 1 saturated heterocycles. The molecule has 2 N–H and O–H groups in total. The van der Waals surface area contributed by atoms with Gasteiger partial charge in [-0.1, -0.05) is 24.3 Å². The highest BCUT2D eigenvalue weighted by molar-refractivity contribution is 6.47. The Kier molecular flexibility index (Phi) is 6.75. The Hall–Kier alpha value is -4.40. The Morgan fingerprint density at radius 3 is 2.39 bits per heavy atom. The molecule has 0 spiro atoms. The van der Waals surface area contributed by atoms with Crippen molar-refractivity contribution < 1.29 is 28.0 Å². The van der Waals surface area contributed by atoms with Crippen molar-refractivity contribution in [3.05, 3.63) is 83.4 Å². The maximum atomic E-state index is 14.3. The summed E-state index contributed by atoms with van der Waals surface area (Å²) in [5.74, 6) is -5.75. The lowest BCUT2D eigenvalue weighted by Crippen LogP contribution is -2.39.